The summed E-state index contributed by atoms with van der Waals surface area (Å²) in [5.41, 5.74) is 0.255. The maximum atomic E-state index is 12.4. The number of hydrogen-bond donors (Lipinski definition) is 0. The third-order valence-electron chi connectivity index (χ3n) is 2.59. The molecule has 0 fully saturated rings. The van der Waals surface area contributed by atoms with Crippen molar-refractivity contribution in [3.63, 3.8) is 0 Å². The molecule has 0 N–H and O–H groups in total. The highest BCUT2D eigenvalue weighted by molar-refractivity contribution is 6.73. The van der Waals surface area contributed by atoms with Crippen molar-refractivity contribution in [2.24, 2.45) is 0 Å². The molecule has 0 aliphatic carbocycles. The summed E-state index contributed by atoms with van der Waals surface area (Å²) in [5.74, 6) is 0. The van der Waals surface area contributed by atoms with Crippen LogP contribution in [0, 0.1) is 0 Å². The van der Waals surface area contributed by atoms with Gasteiger partial charge in [0.25, 0.3) is 0 Å². The smallest absolute Gasteiger partial charge is 0.445 e. The molecule has 0 amide bonds. The number of nitrogens with zero attached hydrogens (tertiary/aromatic N) is 2. The fourth-order valence-corrected chi connectivity index (χ4v) is 1.43. The summed E-state index contributed by atoms with van der Waals surface area (Å²) in [6, 6.07) is 5.31. The van der Waals surface area contributed by atoms with Gasteiger partial charge in [0.2, 0.25) is 0 Å². The average molecular weight is 245 g/mol. The van der Waals surface area contributed by atoms with Crippen LogP contribution >= 0.6 is 0 Å². The van der Waals surface area contributed by atoms with Crippen LogP contribution in [0.15, 0.2) is 24.3 Å². The van der Waals surface area contributed by atoms with Gasteiger partial charge in [0.05, 0.1) is 0 Å². The van der Waals surface area contributed by atoms with Crippen LogP contribution < -0.4 is 10.4 Å². The Morgan fingerprint density at radius 1 is 0.941 bits per heavy atom. The summed E-state index contributed by atoms with van der Waals surface area (Å²) in [6.45, 7) is -3.25. The van der Waals surface area contributed by atoms with Gasteiger partial charge >= 0.3 is 6.98 Å². The van der Waals surface area contributed by atoms with Gasteiger partial charge in [0, 0.05) is 25.8 Å². The Kier molecular flexibility index (Phi) is 4.45. The van der Waals surface area contributed by atoms with Crippen LogP contribution in [0.2, 0.25) is 0 Å². The molecule has 0 aromatic heterocycles. The summed E-state index contributed by atoms with van der Waals surface area (Å²) in [6.07, 6.45) is 0. The molecule has 0 aliphatic rings. The minimum absolute atomic E-state index is 0.547. The summed E-state index contributed by atoms with van der Waals surface area (Å²) >= 11 is 0. The van der Waals surface area contributed by atoms with Crippen molar-refractivity contribution in [3.8, 4) is 0 Å². The second-order valence-electron chi connectivity index (χ2n) is 4.39. The molecular weight excluding hydrogens is 228 g/mol. The fraction of sp³-hybridized carbons (Fsp3) is 0.455. The molecule has 96 valence electrons. The van der Waals surface area contributed by atoms with Crippen molar-refractivity contribution in [3.05, 3.63) is 24.3 Å². The molecule has 1 aromatic carbocycles. The summed E-state index contributed by atoms with van der Waals surface area (Å²) in [4.78, 5) is 3.97. The van der Waals surface area contributed by atoms with E-state index in [4.69, 9.17) is 0 Å². The lowest BCUT2D eigenvalue weighted by Crippen LogP contribution is -2.34. The highest BCUT2D eigenvalue weighted by Crippen LogP contribution is 2.14. The molecule has 1 aromatic rings. The second-order valence-corrected chi connectivity index (χ2v) is 4.39. The minimum atomic E-state index is -4.89. The van der Waals surface area contributed by atoms with Crippen molar-refractivity contribution >= 4 is 18.1 Å². The van der Waals surface area contributed by atoms with Gasteiger partial charge in [0.1, 0.15) is 0 Å². The SMILES string of the molecule is CN(C)CCN(C)c1ccc([B-](F)(F)F)cc1. The van der Waals surface area contributed by atoms with E-state index in [0.29, 0.717) is 0 Å². The van der Waals surface area contributed by atoms with Crippen molar-refractivity contribution in [1.82, 2.24) is 4.90 Å². The third-order valence-corrected chi connectivity index (χ3v) is 2.59. The first kappa shape index (κ1) is 13.9. The molecule has 0 saturated carbocycles. The molecule has 0 heterocycles. The lowest BCUT2D eigenvalue weighted by Gasteiger charge is -2.23. The number of likely N-dealkylation sites (N-methyl/N-ethyl adjacent to an activating group) is 2. The zero-order chi connectivity index (χ0) is 13.1. The Bertz CT molecular complexity index is 349. The van der Waals surface area contributed by atoms with E-state index in [-0.39, 0.29) is 0 Å². The molecular formula is C11H17BF3N2-. The maximum absolute atomic E-state index is 12.4. The van der Waals surface area contributed by atoms with Gasteiger partial charge < -0.3 is 22.7 Å². The van der Waals surface area contributed by atoms with Crippen molar-refractivity contribution in [2.75, 3.05) is 39.1 Å². The average Bonchev–Trinajstić information content (AvgIpc) is 2.25. The van der Waals surface area contributed by atoms with Crippen LogP contribution in [-0.4, -0.2) is 46.1 Å². The lowest BCUT2D eigenvalue weighted by atomic mass is 9.80. The lowest BCUT2D eigenvalue weighted by molar-refractivity contribution is 0.416. The quantitative estimate of drug-likeness (QED) is 0.729. The highest BCUT2D eigenvalue weighted by atomic mass is 19.4. The van der Waals surface area contributed by atoms with Crippen molar-refractivity contribution in [1.29, 1.82) is 0 Å². The number of anilines is 1. The Morgan fingerprint density at radius 2 is 1.47 bits per heavy atom. The van der Waals surface area contributed by atoms with Crippen molar-refractivity contribution < 1.29 is 12.9 Å². The Morgan fingerprint density at radius 3 is 1.88 bits per heavy atom. The molecule has 0 spiro atoms. The molecule has 0 aliphatic heterocycles. The number of benzene rings is 1. The van der Waals surface area contributed by atoms with Gasteiger partial charge in [-0.3, -0.25) is 0 Å². The van der Waals surface area contributed by atoms with E-state index in [1.165, 1.54) is 12.1 Å². The Balaban J connectivity index is 2.67. The van der Waals surface area contributed by atoms with Gasteiger partial charge in [-0.05, 0) is 26.2 Å². The van der Waals surface area contributed by atoms with E-state index >= 15 is 0 Å². The third kappa shape index (κ3) is 4.30. The van der Waals surface area contributed by atoms with E-state index in [1.54, 1.807) is 0 Å². The van der Waals surface area contributed by atoms with E-state index in [1.807, 2.05) is 30.9 Å². The van der Waals surface area contributed by atoms with Crippen LogP contribution in [0.3, 0.4) is 0 Å². The molecule has 6 heteroatoms. The zero-order valence-electron chi connectivity index (χ0n) is 10.3. The predicted octanol–water partition coefficient (Wildman–Crippen LogP) is 1.74. The van der Waals surface area contributed by atoms with Gasteiger partial charge in [-0.1, -0.05) is 12.1 Å². The predicted molar refractivity (Wildman–Crippen MR) is 67.0 cm³/mol. The highest BCUT2D eigenvalue weighted by Gasteiger charge is 2.24. The summed E-state index contributed by atoms with van der Waals surface area (Å²) in [7, 11) is 5.80. The van der Waals surface area contributed by atoms with Crippen molar-refractivity contribution in [2.45, 2.75) is 0 Å². The normalized spacial score (nSPS) is 11.9. The minimum Gasteiger partial charge on any atom is -0.445 e. The largest absolute Gasteiger partial charge is 0.509 e. The van der Waals surface area contributed by atoms with Crippen LogP contribution in [0.4, 0.5) is 18.6 Å². The fourth-order valence-electron chi connectivity index (χ4n) is 1.43. The summed E-state index contributed by atoms with van der Waals surface area (Å²) < 4.78 is 37.3. The molecule has 0 saturated heterocycles. The molecule has 0 atom stereocenters. The summed E-state index contributed by atoms with van der Waals surface area (Å²) in [5, 5.41) is 0. The molecule has 2 nitrogen and oxygen atoms in total. The van der Waals surface area contributed by atoms with E-state index in [2.05, 4.69) is 0 Å². The Hall–Kier alpha value is -1.17. The van der Waals surface area contributed by atoms with Gasteiger partial charge in [0.15, 0.2) is 0 Å². The molecule has 0 radical (unpaired) electrons. The maximum Gasteiger partial charge on any atom is 0.509 e. The van der Waals surface area contributed by atoms with Crippen LogP contribution in [0.25, 0.3) is 0 Å². The van der Waals surface area contributed by atoms with E-state index < -0.39 is 12.4 Å². The molecule has 0 bridgehead atoms. The topological polar surface area (TPSA) is 6.48 Å². The standard InChI is InChI=1S/C11H17BF3N2/c1-16(2)8-9-17(3)11-6-4-10(5-7-11)12(13,14)15/h4-7H,8-9H2,1-3H3/q-1. The number of halogens is 3. The van der Waals surface area contributed by atoms with E-state index in [9.17, 15) is 12.9 Å². The monoisotopic (exact) mass is 245 g/mol. The van der Waals surface area contributed by atoms with Crippen LogP contribution in [0.5, 0.6) is 0 Å². The van der Waals surface area contributed by atoms with Gasteiger partial charge in [-0.15, -0.1) is 5.46 Å². The Labute approximate surface area is 100 Å². The number of rotatable bonds is 5. The van der Waals surface area contributed by atoms with Gasteiger partial charge in [-0.2, -0.15) is 0 Å². The zero-order valence-corrected chi connectivity index (χ0v) is 10.3. The second kappa shape index (κ2) is 5.45. The first-order valence-electron chi connectivity index (χ1n) is 5.46. The van der Waals surface area contributed by atoms with Crippen LogP contribution in [-0.2, 0) is 0 Å². The number of hydrogen-bond acceptors (Lipinski definition) is 2. The molecule has 1 rings (SSSR count). The van der Waals surface area contributed by atoms with Crippen LogP contribution in [0.1, 0.15) is 0 Å². The van der Waals surface area contributed by atoms with E-state index in [0.717, 1.165) is 30.9 Å². The molecule has 17 heavy (non-hydrogen) atoms. The first-order valence-corrected chi connectivity index (χ1v) is 5.46. The first-order chi connectivity index (χ1) is 7.80. The van der Waals surface area contributed by atoms with Gasteiger partial charge in [-0.25, -0.2) is 0 Å². The molecule has 0 unspecified atom stereocenters.